The third kappa shape index (κ3) is 8.90. The third-order valence-corrected chi connectivity index (χ3v) is 3.35. The fourth-order valence-corrected chi connectivity index (χ4v) is 2.08. The first kappa shape index (κ1) is 17.9. The molecule has 0 spiro atoms. The number of rotatable bonds is 12. The predicted octanol–water partition coefficient (Wildman–Crippen LogP) is 2.97. The van der Waals surface area contributed by atoms with Crippen LogP contribution in [0.4, 0.5) is 0 Å². The first-order chi connectivity index (χ1) is 8.58. The lowest BCUT2D eigenvalue weighted by Gasteiger charge is -2.28. The average molecular weight is 259 g/mol. The molecule has 0 aromatic rings. The molecule has 0 fully saturated rings. The van der Waals surface area contributed by atoms with Crippen molar-refractivity contribution in [3.05, 3.63) is 0 Å². The highest BCUT2D eigenvalue weighted by atomic mass is 16.5. The number of hydrogen-bond acceptors (Lipinski definition) is 3. The van der Waals surface area contributed by atoms with Crippen LogP contribution in [-0.2, 0) is 4.74 Å². The number of nitrogens with one attached hydrogen (secondary N) is 1. The van der Waals surface area contributed by atoms with E-state index in [4.69, 9.17) is 4.74 Å². The van der Waals surface area contributed by atoms with Crippen molar-refractivity contribution in [3.63, 3.8) is 0 Å². The summed E-state index contributed by atoms with van der Waals surface area (Å²) in [7, 11) is 0. The van der Waals surface area contributed by atoms with Gasteiger partial charge in [0.2, 0.25) is 0 Å². The fourth-order valence-electron chi connectivity index (χ4n) is 2.08. The third-order valence-electron chi connectivity index (χ3n) is 3.35. The molecule has 0 aliphatic heterocycles. The molecule has 0 saturated heterocycles. The highest BCUT2D eigenvalue weighted by Gasteiger charge is 2.21. The van der Waals surface area contributed by atoms with E-state index in [9.17, 15) is 5.11 Å². The van der Waals surface area contributed by atoms with Gasteiger partial charge in [-0.3, -0.25) is 0 Å². The van der Waals surface area contributed by atoms with Gasteiger partial charge in [-0.05, 0) is 45.1 Å². The molecule has 0 aliphatic rings. The summed E-state index contributed by atoms with van der Waals surface area (Å²) in [5, 5.41) is 12.8. The summed E-state index contributed by atoms with van der Waals surface area (Å²) in [4.78, 5) is 0. The van der Waals surface area contributed by atoms with Gasteiger partial charge in [0.05, 0.1) is 6.61 Å². The summed E-state index contributed by atoms with van der Waals surface area (Å²) in [6.07, 6.45) is 5.54. The molecule has 110 valence electrons. The van der Waals surface area contributed by atoms with Crippen molar-refractivity contribution in [1.29, 1.82) is 0 Å². The Bertz CT molecular complexity index is 187. The summed E-state index contributed by atoms with van der Waals surface area (Å²) < 4.78 is 5.68. The van der Waals surface area contributed by atoms with E-state index in [-0.39, 0.29) is 12.1 Å². The van der Waals surface area contributed by atoms with Crippen molar-refractivity contribution in [2.24, 2.45) is 5.92 Å². The van der Waals surface area contributed by atoms with Crippen LogP contribution in [0.1, 0.15) is 59.8 Å². The predicted molar refractivity (Wildman–Crippen MR) is 77.9 cm³/mol. The van der Waals surface area contributed by atoms with Crippen LogP contribution in [0.5, 0.6) is 0 Å². The molecule has 2 N–H and O–H groups in total. The summed E-state index contributed by atoms with van der Waals surface area (Å²) in [6.45, 7) is 11.5. The molecule has 0 aliphatic carbocycles. The maximum atomic E-state index is 9.42. The SMILES string of the molecule is CCCNC(C)(CO)CCCOCC(C)CCC. The van der Waals surface area contributed by atoms with Gasteiger partial charge < -0.3 is 15.2 Å². The number of hydrogen-bond donors (Lipinski definition) is 2. The lowest BCUT2D eigenvalue weighted by molar-refractivity contribution is 0.0868. The Morgan fingerprint density at radius 3 is 2.56 bits per heavy atom. The zero-order valence-corrected chi connectivity index (χ0v) is 12.8. The van der Waals surface area contributed by atoms with Gasteiger partial charge in [-0.2, -0.15) is 0 Å². The van der Waals surface area contributed by atoms with Gasteiger partial charge in [0, 0.05) is 18.8 Å². The minimum Gasteiger partial charge on any atom is -0.394 e. The normalized spacial score (nSPS) is 16.5. The van der Waals surface area contributed by atoms with E-state index in [1.165, 1.54) is 12.8 Å². The van der Waals surface area contributed by atoms with E-state index < -0.39 is 0 Å². The minimum absolute atomic E-state index is 0.144. The topological polar surface area (TPSA) is 41.5 Å². The van der Waals surface area contributed by atoms with Crippen LogP contribution in [0, 0.1) is 5.92 Å². The molecule has 0 bridgehead atoms. The molecule has 0 rings (SSSR count). The van der Waals surface area contributed by atoms with Crippen molar-refractivity contribution in [2.75, 3.05) is 26.4 Å². The van der Waals surface area contributed by atoms with Gasteiger partial charge in [-0.1, -0.05) is 27.2 Å². The van der Waals surface area contributed by atoms with E-state index >= 15 is 0 Å². The lowest BCUT2D eigenvalue weighted by Crippen LogP contribution is -2.46. The molecular weight excluding hydrogens is 226 g/mol. The zero-order valence-electron chi connectivity index (χ0n) is 12.8. The van der Waals surface area contributed by atoms with E-state index in [1.54, 1.807) is 0 Å². The first-order valence-corrected chi connectivity index (χ1v) is 7.51. The van der Waals surface area contributed by atoms with Gasteiger partial charge in [0.25, 0.3) is 0 Å². The molecule has 2 unspecified atom stereocenters. The van der Waals surface area contributed by atoms with Crippen LogP contribution < -0.4 is 5.32 Å². The van der Waals surface area contributed by atoms with Crippen LogP contribution >= 0.6 is 0 Å². The highest BCUT2D eigenvalue weighted by molar-refractivity contribution is 4.81. The Balaban J connectivity index is 3.61. The largest absolute Gasteiger partial charge is 0.394 e. The molecule has 18 heavy (non-hydrogen) atoms. The highest BCUT2D eigenvalue weighted by Crippen LogP contribution is 2.12. The van der Waals surface area contributed by atoms with Crippen molar-refractivity contribution in [3.8, 4) is 0 Å². The van der Waals surface area contributed by atoms with Crippen LogP contribution in [0.3, 0.4) is 0 Å². The van der Waals surface area contributed by atoms with Gasteiger partial charge >= 0.3 is 0 Å². The lowest BCUT2D eigenvalue weighted by atomic mass is 9.97. The van der Waals surface area contributed by atoms with E-state index in [2.05, 4.69) is 33.0 Å². The summed E-state index contributed by atoms with van der Waals surface area (Å²) in [5.41, 5.74) is -0.144. The van der Waals surface area contributed by atoms with Crippen LogP contribution in [-0.4, -0.2) is 37.0 Å². The van der Waals surface area contributed by atoms with Gasteiger partial charge in [0.1, 0.15) is 0 Å². The first-order valence-electron chi connectivity index (χ1n) is 7.51. The summed E-state index contributed by atoms with van der Waals surface area (Å²) in [5.74, 6) is 0.664. The Kier molecular flexibility index (Phi) is 10.7. The van der Waals surface area contributed by atoms with Gasteiger partial charge in [0.15, 0.2) is 0 Å². The molecule has 0 aromatic carbocycles. The Morgan fingerprint density at radius 2 is 2.00 bits per heavy atom. The second kappa shape index (κ2) is 10.8. The van der Waals surface area contributed by atoms with E-state index in [0.29, 0.717) is 5.92 Å². The van der Waals surface area contributed by atoms with Crippen molar-refractivity contribution >= 4 is 0 Å². The fraction of sp³-hybridized carbons (Fsp3) is 1.00. The van der Waals surface area contributed by atoms with E-state index in [1.807, 2.05) is 0 Å². The Labute approximate surface area is 113 Å². The molecule has 0 aromatic heterocycles. The number of aliphatic hydroxyl groups excluding tert-OH is 1. The molecule has 0 saturated carbocycles. The van der Waals surface area contributed by atoms with Gasteiger partial charge in [-0.25, -0.2) is 0 Å². The average Bonchev–Trinajstić information content (AvgIpc) is 2.36. The van der Waals surface area contributed by atoms with Crippen molar-refractivity contribution in [1.82, 2.24) is 5.32 Å². The Morgan fingerprint density at radius 1 is 1.28 bits per heavy atom. The molecule has 3 heteroatoms. The zero-order chi connectivity index (χ0) is 13.9. The maximum Gasteiger partial charge on any atom is 0.0610 e. The summed E-state index contributed by atoms with van der Waals surface area (Å²) >= 11 is 0. The van der Waals surface area contributed by atoms with Crippen LogP contribution in [0.15, 0.2) is 0 Å². The molecule has 0 amide bonds. The van der Waals surface area contributed by atoms with E-state index in [0.717, 1.165) is 39.0 Å². The quantitative estimate of drug-likeness (QED) is 0.529. The minimum atomic E-state index is -0.144. The van der Waals surface area contributed by atoms with Crippen molar-refractivity contribution < 1.29 is 9.84 Å². The molecule has 2 atom stereocenters. The second-order valence-corrected chi connectivity index (χ2v) is 5.72. The van der Waals surface area contributed by atoms with Gasteiger partial charge in [-0.15, -0.1) is 0 Å². The number of ether oxygens (including phenoxy) is 1. The molecule has 0 heterocycles. The van der Waals surface area contributed by atoms with Crippen LogP contribution in [0.2, 0.25) is 0 Å². The summed E-state index contributed by atoms with van der Waals surface area (Å²) in [6, 6.07) is 0. The molecule has 0 radical (unpaired) electrons. The monoisotopic (exact) mass is 259 g/mol. The smallest absolute Gasteiger partial charge is 0.0610 e. The maximum absolute atomic E-state index is 9.42. The second-order valence-electron chi connectivity index (χ2n) is 5.72. The van der Waals surface area contributed by atoms with Crippen molar-refractivity contribution in [2.45, 2.75) is 65.3 Å². The standard InChI is InChI=1S/C15H33NO2/c1-5-8-14(3)12-18-11-7-9-15(4,13-17)16-10-6-2/h14,16-17H,5-13H2,1-4H3. The van der Waals surface area contributed by atoms with Crippen LogP contribution in [0.25, 0.3) is 0 Å². The molecular formula is C15H33NO2. The number of aliphatic hydroxyl groups is 1. The Hall–Kier alpha value is -0.120. The molecule has 3 nitrogen and oxygen atoms in total.